The molecule has 1 aromatic rings. The molecule has 2 fully saturated rings. The molecule has 0 aliphatic carbocycles. The summed E-state index contributed by atoms with van der Waals surface area (Å²) in [7, 11) is 1.90. The van der Waals surface area contributed by atoms with Crippen molar-refractivity contribution < 1.29 is 4.79 Å². The number of halogens is 2. The van der Waals surface area contributed by atoms with Gasteiger partial charge in [0, 0.05) is 44.5 Å². The zero-order valence-corrected chi connectivity index (χ0v) is 14.6. The molecule has 2 aliphatic rings. The lowest BCUT2D eigenvalue weighted by Crippen LogP contribution is -2.40. The molecule has 1 N–H and O–H groups in total. The summed E-state index contributed by atoms with van der Waals surface area (Å²) in [6.45, 7) is 1.51. The number of hydrogen-bond donors (Lipinski definition) is 1. The summed E-state index contributed by atoms with van der Waals surface area (Å²) in [5, 5.41) is 7.79. The minimum Gasteiger partial charge on any atom is -0.344 e. The highest BCUT2D eigenvalue weighted by atomic mass is 35.5. The Morgan fingerprint density at radius 1 is 1.32 bits per heavy atom. The molecule has 3 heterocycles. The SMILES string of the molecule is CN(CCn1cccn1)C(=O)CC1CC2CCC(C1)N2.Cl.Cl. The minimum absolute atomic E-state index is 0. The number of hydrogen-bond acceptors (Lipinski definition) is 3. The first-order chi connectivity index (χ1) is 9.70. The third kappa shape index (κ3) is 4.86. The Bertz CT molecular complexity index is 442. The van der Waals surface area contributed by atoms with Gasteiger partial charge in [-0.25, -0.2) is 0 Å². The van der Waals surface area contributed by atoms with E-state index in [1.165, 1.54) is 25.7 Å². The molecular weight excluding hydrogens is 323 g/mol. The van der Waals surface area contributed by atoms with Crippen LogP contribution in [0, 0.1) is 5.92 Å². The summed E-state index contributed by atoms with van der Waals surface area (Å²) in [5.74, 6) is 0.858. The normalized spacial score (nSPS) is 26.0. The molecule has 1 aromatic heterocycles. The number of carbonyl (C=O) groups is 1. The number of nitrogens with one attached hydrogen (secondary N) is 1. The molecule has 7 heteroatoms. The van der Waals surface area contributed by atoms with Crippen LogP contribution in [0.3, 0.4) is 0 Å². The van der Waals surface area contributed by atoms with Gasteiger partial charge in [0.25, 0.3) is 0 Å². The third-order valence-corrected chi connectivity index (χ3v) is 4.68. The Balaban J connectivity index is 0.00000121. The first-order valence-electron chi connectivity index (χ1n) is 7.68. The molecule has 5 nitrogen and oxygen atoms in total. The standard InChI is InChI=1S/C15H24N4O.2ClH/c1-18(7-8-19-6-2-5-16-19)15(20)11-12-9-13-3-4-14(10-12)17-13;;/h2,5-6,12-14,17H,3-4,7-11H2,1H3;2*1H. The highest BCUT2D eigenvalue weighted by Gasteiger charge is 2.34. The molecule has 126 valence electrons. The molecule has 3 rings (SSSR count). The summed E-state index contributed by atoms with van der Waals surface area (Å²) in [4.78, 5) is 14.1. The van der Waals surface area contributed by atoms with Gasteiger partial charge in [0.15, 0.2) is 0 Å². The van der Waals surface area contributed by atoms with E-state index in [0.717, 1.165) is 13.1 Å². The van der Waals surface area contributed by atoms with Crippen LogP contribution in [0.25, 0.3) is 0 Å². The van der Waals surface area contributed by atoms with Crippen molar-refractivity contribution in [3.63, 3.8) is 0 Å². The predicted molar refractivity (Wildman–Crippen MR) is 91.6 cm³/mol. The summed E-state index contributed by atoms with van der Waals surface area (Å²) in [6, 6.07) is 3.24. The first-order valence-corrected chi connectivity index (χ1v) is 7.68. The lowest BCUT2D eigenvalue weighted by atomic mass is 9.89. The first kappa shape index (κ1) is 19.3. The Labute approximate surface area is 144 Å². The fourth-order valence-corrected chi connectivity index (χ4v) is 3.55. The van der Waals surface area contributed by atoms with Crippen LogP contribution in [0.4, 0.5) is 0 Å². The maximum atomic E-state index is 12.3. The number of fused-ring (bicyclic) bond motifs is 2. The number of nitrogens with zero attached hydrogens (tertiary/aromatic N) is 3. The van der Waals surface area contributed by atoms with Crippen molar-refractivity contribution in [2.24, 2.45) is 5.92 Å². The lowest BCUT2D eigenvalue weighted by Gasteiger charge is -2.30. The summed E-state index contributed by atoms with van der Waals surface area (Å²) < 4.78 is 1.87. The van der Waals surface area contributed by atoms with Crippen molar-refractivity contribution in [2.45, 2.75) is 50.7 Å². The van der Waals surface area contributed by atoms with Crippen molar-refractivity contribution in [3.8, 4) is 0 Å². The number of rotatable bonds is 5. The third-order valence-electron chi connectivity index (χ3n) is 4.68. The molecule has 2 bridgehead atoms. The number of amides is 1. The van der Waals surface area contributed by atoms with Crippen molar-refractivity contribution in [3.05, 3.63) is 18.5 Å². The van der Waals surface area contributed by atoms with Crippen LogP contribution in [0.5, 0.6) is 0 Å². The predicted octanol–water partition coefficient (Wildman–Crippen LogP) is 2.11. The van der Waals surface area contributed by atoms with E-state index in [1.54, 1.807) is 6.20 Å². The van der Waals surface area contributed by atoms with Crippen LogP contribution in [-0.2, 0) is 11.3 Å². The summed E-state index contributed by atoms with van der Waals surface area (Å²) in [6.07, 6.45) is 9.36. The van der Waals surface area contributed by atoms with Crippen LogP contribution in [0.15, 0.2) is 18.5 Å². The highest BCUT2D eigenvalue weighted by Crippen LogP contribution is 2.32. The van der Waals surface area contributed by atoms with E-state index in [-0.39, 0.29) is 30.7 Å². The number of likely N-dealkylation sites (N-methyl/N-ethyl adjacent to an activating group) is 1. The van der Waals surface area contributed by atoms with Crippen LogP contribution in [0.1, 0.15) is 32.1 Å². The van der Waals surface area contributed by atoms with Gasteiger partial charge in [-0.1, -0.05) is 0 Å². The molecule has 22 heavy (non-hydrogen) atoms. The number of carbonyl (C=O) groups excluding carboxylic acids is 1. The van der Waals surface area contributed by atoms with Gasteiger partial charge >= 0.3 is 0 Å². The van der Waals surface area contributed by atoms with E-state index in [0.29, 0.717) is 24.4 Å². The molecule has 0 saturated carbocycles. The van der Waals surface area contributed by atoms with Crippen molar-refractivity contribution >= 4 is 30.7 Å². The lowest BCUT2D eigenvalue weighted by molar-refractivity contribution is -0.131. The van der Waals surface area contributed by atoms with Gasteiger partial charge in [-0.15, -0.1) is 24.8 Å². The van der Waals surface area contributed by atoms with Crippen molar-refractivity contribution in [1.29, 1.82) is 0 Å². The van der Waals surface area contributed by atoms with Crippen LogP contribution < -0.4 is 5.32 Å². The van der Waals surface area contributed by atoms with Crippen molar-refractivity contribution in [1.82, 2.24) is 20.0 Å². The Morgan fingerprint density at radius 2 is 2.00 bits per heavy atom. The second-order valence-electron chi connectivity index (χ2n) is 6.26. The van der Waals surface area contributed by atoms with Crippen LogP contribution >= 0.6 is 24.8 Å². The Morgan fingerprint density at radius 3 is 2.59 bits per heavy atom. The van der Waals surface area contributed by atoms with Gasteiger partial charge < -0.3 is 10.2 Å². The molecular formula is C15H26Cl2N4O. The fourth-order valence-electron chi connectivity index (χ4n) is 3.55. The molecule has 2 aliphatic heterocycles. The van der Waals surface area contributed by atoms with Gasteiger partial charge in [0.1, 0.15) is 0 Å². The Hall–Kier alpha value is -0.780. The quantitative estimate of drug-likeness (QED) is 0.886. The molecule has 2 unspecified atom stereocenters. The average molecular weight is 349 g/mol. The van der Waals surface area contributed by atoms with Gasteiger partial charge in [-0.05, 0) is 37.7 Å². The smallest absolute Gasteiger partial charge is 0.222 e. The van der Waals surface area contributed by atoms with E-state index < -0.39 is 0 Å². The van der Waals surface area contributed by atoms with Gasteiger partial charge in [0.2, 0.25) is 5.91 Å². The maximum Gasteiger partial charge on any atom is 0.222 e. The van der Waals surface area contributed by atoms with Gasteiger partial charge in [-0.2, -0.15) is 5.10 Å². The molecule has 2 saturated heterocycles. The molecule has 1 amide bonds. The van der Waals surface area contributed by atoms with Gasteiger partial charge in [-0.3, -0.25) is 9.48 Å². The Kier molecular flexibility index (Phi) is 7.66. The second kappa shape index (κ2) is 8.75. The summed E-state index contributed by atoms with van der Waals surface area (Å²) in [5.41, 5.74) is 0. The topological polar surface area (TPSA) is 50.2 Å². The number of piperidine rings is 1. The maximum absolute atomic E-state index is 12.3. The van der Waals surface area contributed by atoms with E-state index in [1.807, 2.05) is 28.9 Å². The largest absolute Gasteiger partial charge is 0.344 e. The molecule has 2 atom stereocenters. The number of aromatic nitrogens is 2. The fraction of sp³-hybridized carbons (Fsp3) is 0.733. The monoisotopic (exact) mass is 348 g/mol. The van der Waals surface area contributed by atoms with E-state index in [9.17, 15) is 4.79 Å². The molecule has 0 spiro atoms. The van der Waals surface area contributed by atoms with Crippen LogP contribution in [0.2, 0.25) is 0 Å². The van der Waals surface area contributed by atoms with Crippen molar-refractivity contribution in [2.75, 3.05) is 13.6 Å². The average Bonchev–Trinajstić information content (AvgIpc) is 3.06. The minimum atomic E-state index is 0. The zero-order chi connectivity index (χ0) is 13.9. The van der Waals surface area contributed by atoms with E-state index in [2.05, 4.69) is 10.4 Å². The molecule has 0 radical (unpaired) electrons. The van der Waals surface area contributed by atoms with E-state index in [4.69, 9.17) is 0 Å². The highest BCUT2D eigenvalue weighted by molar-refractivity contribution is 5.85. The summed E-state index contributed by atoms with van der Waals surface area (Å²) >= 11 is 0. The van der Waals surface area contributed by atoms with Gasteiger partial charge in [0.05, 0.1) is 6.54 Å². The van der Waals surface area contributed by atoms with E-state index >= 15 is 0 Å². The zero-order valence-electron chi connectivity index (χ0n) is 13.0. The second-order valence-corrected chi connectivity index (χ2v) is 6.26. The van der Waals surface area contributed by atoms with Crippen LogP contribution in [-0.4, -0.2) is 46.3 Å². The molecule has 0 aromatic carbocycles.